The van der Waals surface area contributed by atoms with E-state index in [1.807, 2.05) is 39.9 Å². The Hall–Kier alpha value is -2.37. The van der Waals surface area contributed by atoms with Gasteiger partial charge < -0.3 is 14.6 Å². The number of aromatic nitrogens is 2. The summed E-state index contributed by atoms with van der Waals surface area (Å²) in [5.74, 6) is 0.226. The second-order valence-corrected chi connectivity index (χ2v) is 7.46. The van der Waals surface area contributed by atoms with Crippen molar-refractivity contribution in [1.82, 2.24) is 19.6 Å². The Morgan fingerprint density at radius 3 is 2.88 bits per heavy atom. The number of likely N-dealkylation sites (tertiary alicyclic amines) is 1. The topological polar surface area (TPSA) is 66.7 Å². The Morgan fingerprint density at radius 2 is 2.08 bits per heavy atom. The summed E-state index contributed by atoms with van der Waals surface area (Å²) < 4.78 is 1.99. The quantitative estimate of drug-likeness (QED) is 0.895. The van der Waals surface area contributed by atoms with Gasteiger partial charge in [-0.25, -0.2) is 4.98 Å². The number of pyridine rings is 1. The van der Waals surface area contributed by atoms with Crippen LogP contribution in [0.15, 0.2) is 30.6 Å². The standard InChI is InChI=1S/C20H26N4O2/c25-19-9-8-15(13-24(19)17-5-1-2-6-17)20(26)21-11-10-16-14-23-12-4-3-7-18(23)22-16/h3-4,7,12,14-15,17H,1-2,5-6,8-11,13H2,(H,21,26). The molecule has 2 aliphatic rings. The van der Waals surface area contributed by atoms with Crippen molar-refractivity contribution in [3.8, 4) is 0 Å². The van der Waals surface area contributed by atoms with E-state index in [9.17, 15) is 9.59 Å². The molecule has 1 atom stereocenters. The van der Waals surface area contributed by atoms with Crippen LogP contribution < -0.4 is 5.32 Å². The van der Waals surface area contributed by atoms with Gasteiger partial charge in [-0.15, -0.1) is 0 Å². The summed E-state index contributed by atoms with van der Waals surface area (Å²) in [6, 6.07) is 6.27. The molecule has 138 valence electrons. The van der Waals surface area contributed by atoms with E-state index in [2.05, 4.69) is 10.3 Å². The zero-order valence-corrected chi connectivity index (χ0v) is 15.1. The summed E-state index contributed by atoms with van der Waals surface area (Å²) in [6.07, 6.45) is 10.4. The van der Waals surface area contributed by atoms with Gasteiger partial charge in [0, 0.05) is 44.4 Å². The van der Waals surface area contributed by atoms with Crippen LogP contribution in [0.3, 0.4) is 0 Å². The van der Waals surface area contributed by atoms with Crippen LogP contribution in [0.2, 0.25) is 0 Å². The maximum absolute atomic E-state index is 12.6. The van der Waals surface area contributed by atoms with Gasteiger partial charge in [-0.2, -0.15) is 0 Å². The molecule has 1 aliphatic carbocycles. The van der Waals surface area contributed by atoms with Crippen molar-refractivity contribution < 1.29 is 9.59 Å². The molecule has 1 saturated carbocycles. The molecule has 1 aliphatic heterocycles. The lowest BCUT2D eigenvalue weighted by Crippen LogP contribution is -2.49. The predicted molar refractivity (Wildman–Crippen MR) is 98.6 cm³/mol. The molecule has 1 N–H and O–H groups in total. The minimum absolute atomic E-state index is 0.0734. The second kappa shape index (κ2) is 7.48. The maximum atomic E-state index is 12.6. The van der Waals surface area contributed by atoms with Crippen molar-refractivity contribution in [1.29, 1.82) is 0 Å². The third kappa shape index (κ3) is 3.59. The van der Waals surface area contributed by atoms with Crippen molar-refractivity contribution in [2.24, 2.45) is 5.92 Å². The molecule has 3 heterocycles. The Kier molecular flexibility index (Phi) is 4.91. The maximum Gasteiger partial charge on any atom is 0.224 e. The summed E-state index contributed by atoms with van der Waals surface area (Å²) in [6.45, 7) is 1.17. The SMILES string of the molecule is O=C(NCCc1cn2ccccc2n1)C1CCC(=O)N(C2CCCC2)C1. The largest absolute Gasteiger partial charge is 0.355 e. The minimum Gasteiger partial charge on any atom is -0.355 e. The average Bonchev–Trinajstić information content (AvgIpc) is 3.31. The molecular formula is C20H26N4O2. The highest BCUT2D eigenvalue weighted by Crippen LogP contribution is 2.28. The van der Waals surface area contributed by atoms with E-state index in [-0.39, 0.29) is 17.7 Å². The molecular weight excluding hydrogens is 328 g/mol. The molecule has 26 heavy (non-hydrogen) atoms. The fourth-order valence-corrected chi connectivity index (χ4v) is 4.22. The number of fused-ring (bicyclic) bond motifs is 1. The van der Waals surface area contributed by atoms with Crippen LogP contribution >= 0.6 is 0 Å². The van der Waals surface area contributed by atoms with Crippen LogP contribution in [0, 0.1) is 5.92 Å². The van der Waals surface area contributed by atoms with Crippen LogP contribution in [0.1, 0.15) is 44.2 Å². The molecule has 0 radical (unpaired) electrons. The molecule has 0 spiro atoms. The van der Waals surface area contributed by atoms with E-state index in [4.69, 9.17) is 0 Å². The molecule has 2 fully saturated rings. The van der Waals surface area contributed by atoms with Gasteiger partial charge in [-0.1, -0.05) is 18.9 Å². The van der Waals surface area contributed by atoms with Crippen LogP contribution in [-0.4, -0.2) is 45.2 Å². The van der Waals surface area contributed by atoms with Gasteiger partial charge in [-0.3, -0.25) is 9.59 Å². The Bertz CT molecular complexity index is 761. The van der Waals surface area contributed by atoms with Crippen molar-refractivity contribution in [2.45, 2.75) is 51.0 Å². The van der Waals surface area contributed by atoms with Crippen molar-refractivity contribution >= 4 is 17.5 Å². The van der Waals surface area contributed by atoms with Gasteiger partial charge in [0.05, 0.1) is 11.6 Å². The zero-order chi connectivity index (χ0) is 17.9. The first-order valence-electron chi connectivity index (χ1n) is 9.70. The molecule has 4 rings (SSSR count). The lowest BCUT2D eigenvalue weighted by Gasteiger charge is -2.36. The Balaban J connectivity index is 1.29. The van der Waals surface area contributed by atoms with Crippen molar-refractivity contribution in [2.75, 3.05) is 13.1 Å². The van der Waals surface area contributed by atoms with E-state index >= 15 is 0 Å². The number of carbonyl (C=O) groups excluding carboxylic acids is 2. The van der Waals surface area contributed by atoms with Gasteiger partial charge in [0.25, 0.3) is 0 Å². The van der Waals surface area contributed by atoms with Gasteiger partial charge in [0.1, 0.15) is 5.65 Å². The Labute approximate surface area is 153 Å². The minimum atomic E-state index is -0.0747. The fraction of sp³-hybridized carbons (Fsp3) is 0.550. The number of nitrogens with one attached hydrogen (secondary N) is 1. The normalized spacial score (nSPS) is 21.5. The lowest BCUT2D eigenvalue weighted by molar-refractivity contribution is -0.140. The highest BCUT2D eigenvalue weighted by atomic mass is 16.2. The second-order valence-electron chi connectivity index (χ2n) is 7.46. The summed E-state index contributed by atoms with van der Waals surface area (Å²) >= 11 is 0. The van der Waals surface area contributed by atoms with E-state index < -0.39 is 0 Å². The summed E-state index contributed by atoms with van der Waals surface area (Å²) in [5.41, 5.74) is 1.90. The highest BCUT2D eigenvalue weighted by molar-refractivity contribution is 5.84. The molecule has 1 unspecified atom stereocenters. The average molecular weight is 354 g/mol. The fourth-order valence-electron chi connectivity index (χ4n) is 4.22. The van der Waals surface area contributed by atoms with Gasteiger partial charge in [0.15, 0.2) is 0 Å². The number of piperidine rings is 1. The molecule has 0 aromatic carbocycles. The molecule has 2 amide bonds. The molecule has 0 bridgehead atoms. The van der Waals surface area contributed by atoms with Crippen LogP contribution in [-0.2, 0) is 16.0 Å². The predicted octanol–water partition coefficient (Wildman–Crippen LogP) is 2.17. The number of nitrogens with zero attached hydrogens (tertiary/aromatic N) is 3. The zero-order valence-electron chi connectivity index (χ0n) is 15.1. The van der Waals surface area contributed by atoms with Crippen molar-refractivity contribution in [3.63, 3.8) is 0 Å². The molecule has 6 heteroatoms. The van der Waals surface area contributed by atoms with Gasteiger partial charge >= 0.3 is 0 Å². The van der Waals surface area contributed by atoms with Gasteiger partial charge in [-0.05, 0) is 31.4 Å². The Morgan fingerprint density at radius 1 is 1.23 bits per heavy atom. The highest BCUT2D eigenvalue weighted by Gasteiger charge is 2.34. The number of carbonyl (C=O) groups is 2. The summed E-state index contributed by atoms with van der Waals surface area (Å²) in [5, 5.41) is 3.05. The third-order valence-electron chi connectivity index (χ3n) is 5.67. The first-order valence-corrected chi connectivity index (χ1v) is 9.70. The molecule has 2 aromatic rings. The number of rotatable bonds is 5. The first kappa shape index (κ1) is 17.1. The first-order chi connectivity index (χ1) is 12.7. The third-order valence-corrected chi connectivity index (χ3v) is 5.67. The van der Waals surface area contributed by atoms with E-state index in [1.165, 1.54) is 12.8 Å². The lowest BCUT2D eigenvalue weighted by atomic mass is 9.95. The summed E-state index contributed by atoms with van der Waals surface area (Å²) in [4.78, 5) is 31.3. The number of amides is 2. The van der Waals surface area contributed by atoms with Crippen molar-refractivity contribution in [3.05, 3.63) is 36.3 Å². The van der Waals surface area contributed by atoms with Gasteiger partial charge in [0.2, 0.25) is 11.8 Å². The van der Waals surface area contributed by atoms with E-state index in [0.717, 1.165) is 24.2 Å². The van der Waals surface area contributed by atoms with Crippen LogP contribution in [0.5, 0.6) is 0 Å². The van der Waals surface area contributed by atoms with Crippen LogP contribution in [0.4, 0.5) is 0 Å². The molecule has 2 aromatic heterocycles. The monoisotopic (exact) mass is 354 g/mol. The molecule has 6 nitrogen and oxygen atoms in total. The van der Waals surface area contributed by atoms with E-state index in [0.29, 0.717) is 38.4 Å². The molecule has 1 saturated heterocycles. The van der Waals surface area contributed by atoms with Crippen LogP contribution in [0.25, 0.3) is 5.65 Å². The number of hydrogen-bond donors (Lipinski definition) is 1. The smallest absolute Gasteiger partial charge is 0.224 e. The van der Waals surface area contributed by atoms with E-state index in [1.54, 1.807) is 0 Å². The number of hydrogen-bond acceptors (Lipinski definition) is 3. The number of imidazole rings is 1. The summed E-state index contributed by atoms with van der Waals surface area (Å²) in [7, 11) is 0.